The monoisotopic (exact) mass is 332 g/mol. The molecular weight excluding hydrogens is 312 g/mol. The van der Waals surface area contributed by atoms with Crippen molar-refractivity contribution in [3.8, 4) is 11.3 Å². The molecule has 0 spiro atoms. The summed E-state index contributed by atoms with van der Waals surface area (Å²) in [6.45, 7) is 6.36. The number of imidazole rings is 1. The molecule has 0 bridgehead atoms. The molecule has 0 fully saturated rings. The van der Waals surface area contributed by atoms with Crippen LogP contribution >= 0.6 is 0 Å². The van der Waals surface area contributed by atoms with Crippen LogP contribution in [0.25, 0.3) is 16.9 Å². The summed E-state index contributed by atoms with van der Waals surface area (Å²) in [5, 5.41) is 12.6. The second-order valence-electron chi connectivity index (χ2n) is 6.95. The molecule has 0 saturated heterocycles. The lowest BCUT2D eigenvalue weighted by atomic mass is 10.1. The summed E-state index contributed by atoms with van der Waals surface area (Å²) in [7, 11) is 0. The van der Waals surface area contributed by atoms with Gasteiger partial charge in [0.2, 0.25) is 0 Å². The van der Waals surface area contributed by atoms with Crippen molar-refractivity contribution in [3.63, 3.8) is 0 Å². The predicted molar refractivity (Wildman–Crippen MR) is 98.9 cm³/mol. The number of nitrogens with zero attached hydrogens (tertiary/aromatic N) is 5. The molecular formula is C19H20N6. The molecule has 0 amide bonds. The first kappa shape index (κ1) is 15.4. The van der Waals surface area contributed by atoms with Gasteiger partial charge in [-0.05, 0) is 26.8 Å². The Morgan fingerprint density at radius 3 is 2.48 bits per heavy atom. The van der Waals surface area contributed by atoms with Crippen molar-refractivity contribution in [2.75, 3.05) is 5.32 Å². The largest absolute Gasteiger partial charge is 0.336 e. The number of nitrogens with one attached hydrogen (secondary N) is 1. The van der Waals surface area contributed by atoms with Crippen LogP contribution in [0.15, 0.2) is 61.1 Å². The van der Waals surface area contributed by atoms with Gasteiger partial charge in [-0.25, -0.2) is 9.50 Å². The summed E-state index contributed by atoms with van der Waals surface area (Å²) in [5.41, 5.74) is 3.52. The molecule has 3 aromatic heterocycles. The Morgan fingerprint density at radius 1 is 0.960 bits per heavy atom. The predicted octanol–water partition coefficient (Wildman–Crippen LogP) is 4.09. The molecule has 3 heterocycles. The molecule has 4 rings (SSSR count). The van der Waals surface area contributed by atoms with E-state index in [2.05, 4.69) is 41.3 Å². The van der Waals surface area contributed by atoms with Crippen LogP contribution in [-0.4, -0.2) is 24.4 Å². The van der Waals surface area contributed by atoms with Crippen molar-refractivity contribution in [2.45, 2.75) is 26.3 Å². The third-order valence-corrected chi connectivity index (χ3v) is 3.97. The molecule has 0 unspecified atom stereocenters. The summed E-state index contributed by atoms with van der Waals surface area (Å²) in [6.07, 6.45) is 5.57. The van der Waals surface area contributed by atoms with Crippen LogP contribution in [0.4, 0.5) is 11.5 Å². The quantitative estimate of drug-likeness (QED) is 0.614. The molecule has 0 aliphatic rings. The molecule has 1 aromatic carbocycles. The Balaban J connectivity index is 1.76. The van der Waals surface area contributed by atoms with Gasteiger partial charge in [0.25, 0.3) is 0 Å². The number of fused-ring (bicyclic) bond motifs is 1. The first-order valence-corrected chi connectivity index (χ1v) is 8.24. The number of aromatic nitrogens is 5. The van der Waals surface area contributed by atoms with Crippen LogP contribution in [0.5, 0.6) is 0 Å². The Kier molecular flexibility index (Phi) is 3.53. The van der Waals surface area contributed by atoms with Crippen molar-refractivity contribution in [1.82, 2.24) is 24.4 Å². The molecule has 25 heavy (non-hydrogen) atoms. The van der Waals surface area contributed by atoms with E-state index in [4.69, 9.17) is 0 Å². The van der Waals surface area contributed by atoms with Gasteiger partial charge in [0, 0.05) is 30.2 Å². The number of rotatable bonds is 3. The van der Waals surface area contributed by atoms with E-state index in [1.165, 1.54) is 0 Å². The van der Waals surface area contributed by atoms with Crippen LogP contribution in [0, 0.1) is 0 Å². The molecule has 6 heteroatoms. The zero-order valence-corrected chi connectivity index (χ0v) is 14.5. The van der Waals surface area contributed by atoms with E-state index >= 15 is 0 Å². The van der Waals surface area contributed by atoms with Gasteiger partial charge in [-0.3, -0.25) is 4.68 Å². The molecule has 0 aliphatic heterocycles. The van der Waals surface area contributed by atoms with Gasteiger partial charge in [-0.2, -0.15) is 10.2 Å². The van der Waals surface area contributed by atoms with Crippen molar-refractivity contribution >= 4 is 17.2 Å². The normalized spacial score (nSPS) is 11.8. The highest BCUT2D eigenvalue weighted by atomic mass is 15.3. The van der Waals surface area contributed by atoms with Gasteiger partial charge in [-0.15, -0.1) is 0 Å². The zero-order chi connectivity index (χ0) is 17.4. The Bertz CT molecular complexity index is 1010. The summed E-state index contributed by atoms with van der Waals surface area (Å²) < 4.78 is 3.73. The van der Waals surface area contributed by atoms with Gasteiger partial charge in [0.05, 0.1) is 16.9 Å². The first-order chi connectivity index (χ1) is 12.0. The highest BCUT2D eigenvalue weighted by molar-refractivity contribution is 5.76. The van der Waals surface area contributed by atoms with E-state index in [1.807, 2.05) is 59.5 Å². The molecule has 0 atom stereocenters. The smallest absolute Gasteiger partial charge is 0.177 e. The molecule has 0 radical (unpaired) electrons. The van der Waals surface area contributed by atoms with E-state index in [0.29, 0.717) is 0 Å². The fraction of sp³-hybridized carbons (Fsp3) is 0.211. The lowest BCUT2D eigenvalue weighted by molar-refractivity contribution is 0.356. The lowest BCUT2D eigenvalue weighted by Crippen LogP contribution is -2.22. The molecule has 6 nitrogen and oxygen atoms in total. The van der Waals surface area contributed by atoms with Gasteiger partial charge >= 0.3 is 0 Å². The van der Waals surface area contributed by atoms with Crippen LogP contribution in [-0.2, 0) is 5.54 Å². The first-order valence-electron chi connectivity index (χ1n) is 8.24. The third kappa shape index (κ3) is 2.98. The lowest BCUT2D eigenvalue weighted by Gasteiger charge is -2.18. The number of hydrogen-bond acceptors (Lipinski definition) is 4. The van der Waals surface area contributed by atoms with E-state index in [-0.39, 0.29) is 5.54 Å². The average Bonchev–Trinajstić information content (AvgIpc) is 3.24. The minimum Gasteiger partial charge on any atom is -0.336 e. The average molecular weight is 332 g/mol. The topological polar surface area (TPSA) is 60.0 Å². The number of hydrogen-bond donors (Lipinski definition) is 1. The Hall–Kier alpha value is -3.15. The van der Waals surface area contributed by atoms with Crippen LogP contribution in [0.2, 0.25) is 0 Å². The zero-order valence-electron chi connectivity index (χ0n) is 14.5. The Labute approximate surface area is 146 Å². The highest BCUT2D eigenvalue weighted by Gasteiger charge is 2.15. The van der Waals surface area contributed by atoms with Crippen molar-refractivity contribution in [3.05, 3.63) is 61.1 Å². The van der Waals surface area contributed by atoms with Crippen molar-refractivity contribution in [1.29, 1.82) is 0 Å². The summed E-state index contributed by atoms with van der Waals surface area (Å²) in [5.74, 6) is 0.782. The van der Waals surface area contributed by atoms with Crippen molar-refractivity contribution < 1.29 is 0 Å². The maximum Gasteiger partial charge on any atom is 0.177 e. The third-order valence-electron chi connectivity index (χ3n) is 3.97. The molecule has 0 saturated carbocycles. The molecule has 0 aliphatic carbocycles. The van der Waals surface area contributed by atoms with E-state index in [1.54, 1.807) is 10.7 Å². The fourth-order valence-corrected chi connectivity index (χ4v) is 2.66. The maximum atomic E-state index is 4.64. The standard InChI is InChI=1S/C19H20N6/c1-19(2,3)25-11-9-17(23-25)21-16-13-15(14-7-5-4-6-8-14)22-24-12-10-20-18(16)24/h4-13H,1-3H3,(H,21,23). The highest BCUT2D eigenvalue weighted by Crippen LogP contribution is 2.26. The van der Waals surface area contributed by atoms with Crippen LogP contribution in [0.3, 0.4) is 0 Å². The molecule has 4 aromatic rings. The van der Waals surface area contributed by atoms with Gasteiger partial charge in [0.15, 0.2) is 11.5 Å². The van der Waals surface area contributed by atoms with Crippen LogP contribution < -0.4 is 5.32 Å². The Morgan fingerprint density at radius 2 is 1.76 bits per heavy atom. The van der Waals surface area contributed by atoms with Crippen LogP contribution in [0.1, 0.15) is 20.8 Å². The fourth-order valence-electron chi connectivity index (χ4n) is 2.66. The summed E-state index contributed by atoms with van der Waals surface area (Å²) in [4.78, 5) is 4.41. The molecule has 1 N–H and O–H groups in total. The molecule has 126 valence electrons. The van der Waals surface area contributed by atoms with Gasteiger partial charge in [-0.1, -0.05) is 30.3 Å². The van der Waals surface area contributed by atoms with E-state index in [9.17, 15) is 0 Å². The maximum absolute atomic E-state index is 4.64. The summed E-state index contributed by atoms with van der Waals surface area (Å²) in [6, 6.07) is 14.1. The minimum absolute atomic E-state index is 0.0595. The van der Waals surface area contributed by atoms with Crippen molar-refractivity contribution in [2.24, 2.45) is 0 Å². The van der Waals surface area contributed by atoms with E-state index < -0.39 is 0 Å². The second kappa shape index (κ2) is 5.73. The SMILES string of the molecule is CC(C)(C)n1ccc(Nc2cc(-c3ccccc3)nn3ccnc23)n1. The summed E-state index contributed by atoms with van der Waals surface area (Å²) >= 11 is 0. The number of benzene rings is 1. The van der Waals surface area contributed by atoms with Gasteiger partial charge < -0.3 is 5.32 Å². The minimum atomic E-state index is -0.0595. The number of anilines is 2. The van der Waals surface area contributed by atoms with E-state index in [0.717, 1.165) is 28.4 Å². The second-order valence-corrected chi connectivity index (χ2v) is 6.95. The van der Waals surface area contributed by atoms with Gasteiger partial charge in [0.1, 0.15) is 0 Å².